The van der Waals surface area contributed by atoms with Crippen molar-refractivity contribution in [3.63, 3.8) is 0 Å². The molecule has 0 fully saturated rings. The monoisotopic (exact) mass is 182 g/mol. The molecule has 70 valence electrons. The molecule has 1 rings (SSSR count). The van der Waals surface area contributed by atoms with Crippen LogP contribution in [0, 0.1) is 0 Å². The number of aliphatic hydroxyl groups is 1. The van der Waals surface area contributed by atoms with Crippen molar-refractivity contribution in [2.75, 3.05) is 13.2 Å². The second-order valence-corrected chi connectivity index (χ2v) is 2.37. The summed E-state index contributed by atoms with van der Waals surface area (Å²) in [4.78, 5) is 10.6. The Bertz CT molecular complexity index is 295. The number of aromatic carboxylic acids is 1. The first-order valence-corrected chi connectivity index (χ1v) is 3.81. The molecule has 0 aliphatic rings. The molecule has 0 unspecified atom stereocenters. The van der Waals surface area contributed by atoms with Crippen LogP contribution in [-0.4, -0.2) is 29.4 Å². The average molecular weight is 182 g/mol. The Hall–Kier alpha value is -1.55. The Kier molecular flexibility index (Phi) is 3.28. The van der Waals surface area contributed by atoms with Crippen LogP contribution in [0.4, 0.5) is 0 Å². The zero-order chi connectivity index (χ0) is 9.68. The van der Waals surface area contributed by atoms with Gasteiger partial charge in [-0.2, -0.15) is 0 Å². The summed E-state index contributed by atoms with van der Waals surface area (Å²) in [6.45, 7) is -0.0295. The highest BCUT2D eigenvalue weighted by atomic mass is 16.5. The fourth-order valence-electron chi connectivity index (χ4n) is 0.925. The molecule has 0 saturated heterocycles. The average Bonchev–Trinajstić information content (AvgIpc) is 2.15. The molecule has 1 aromatic carbocycles. The van der Waals surface area contributed by atoms with Crippen molar-refractivity contribution in [1.29, 1.82) is 0 Å². The maximum atomic E-state index is 10.6. The Morgan fingerprint density at radius 2 is 2.08 bits per heavy atom. The lowest BCUT2D eigenvalue weighted by Gasteiger charge is -2.06. The van der Waals surface area contributed by atoms with E-state index in [0.717, 1.165) is 0 Å². The van der Waals surface area contributed by atoms with Crippen LogP contribution in [0.2, 0.25) is 0 Å². The molecule has 13 heavy (non-hydrogen) atoms. The number of carboxylic acid groups (broad SMARTS) is 1. The van der Waals surface area contributed by atoms with E-state index < -0.39 is 5.97 Å². The molecule has 0 bridgehead atoms. The van der Waals surface area contributed by atoms with Crippen molar-refractivity contribution < 1.29 is 19.7 Å². The topological polar surface area (TPSA) is 66.8 Å². The molecule has 0 aliphatic heterocycles. The van der Waals surface area contributed by atoms with Crippen LogP contribution in [0.3, 0.4) is 0 Å². The van der Waals surface area contributed by atoms with Gasteiger partial charge in [0.15, 0.2) is 0 Å². The second-order valence-electron chi connectivity index (χ2n) is 2.37. The van der Waals surface area contributed by atoms with Crippen molar-refractivity contribution in [2.45, 2.75) is 0 Å². The third kappa shape index (κ3) is 2.45. The zero-order valence-electron chi connectivity index (χ0n) is 6.93. The quantitative estimate of drug-likeness (QED) is 0.721. The fourth-order valence-corrected chi connectivity index (χ4v) is 0.925. The molecule has 0 radical (unpaired) electrons. The van der Waals surface area contributed by atoms with Gasteiger partial charge < -0.3 is 14.9 Å². The molecule has 0 amide bonds. The lowest BCUT2D eigenvalue weighted by Crippen LogP contribution is -2.06. The maximum absolute atomic E-state index is 10.6. The van der Waals surface area contributed by atoms with Gasteiger partial charge in [0.05, 0.1) is 6.61 Å². The predicted octanol–water partition coefficient (Wildman–Crippen LogP) is 0.756. The SMILES string of the molecule is O=C(O)c1ccccc1OCCO. The van der Waals surface area contributed by atoms with E-state index in [4.69, 9.17) is 14.9 Å². The lowest BCUT2D eigenvalue weighted by atomic mass is 10.2. The van der Waals surface area contributed by atoms with E-state index in [1.54, 1.807) is 18.2 Å². The normalized spacial score (nSPS) is 9.62. The van der Waals surface area contributed by atoms with E-state index >= 15 is 0 Å². The van der Waals surface area contributed by atoms with Gasteiger partial charge in [-0.1, -0.05) is 12.1 Å². The molecule has 4 heteroatoms. The summed E-state index contributed by atoms with van der Waals surface area (Å²) in [5, 5.41) is 17.2. The summed E-state index contributed by atoms with van der Waals surface area (Å²) < 4.78 is 5.02. The first-order valence-electron chi connectivity index (χ1n) is 3.81. The second kappa shape index (κ2) is 4.47. The van der Waals surface area contributed by atoms with Crippen LogP contribution >= 0.6 is 0 Å². The number of hydrogen-bond acceptors (Lipinski definition) is 3. The molecule has 2 N–H and O–H groups in total. The molecule has 0 spiro atoms. The fraction of sp³-hybridized carbons (Fsp3) is 0.222. The Balaban J connectivity index is 2.84. The van der Waals surface area contributed by atoms with Crippen molar-refractivity contribution in [2.24, 2.45) is 0 Å². The van der Waals surface area contributed by atoms with Gasteiger partial charge in [0.2, 0.25) is 0 Å². The van der Waals surface area contributed by atoms with Gasteiger partial charge in [-0.05, 0) is 12.1 Å². The van der Waals surface area contributed by atoms with E-state index in [-0.39, 0.29) is 24.5 Å². The number of rotatable bonds is 4. The highest BCUT2D eigenvalue weighted by Crippen LogP contribution is 2.17. The molecular formula is C9H10O4. The maximum Gasteiger partial charge on any atom is 0.339 e. The van der Waals surface area contributed by atoms with Gasteiger partial charge in [-0.3, -0.25) is 0 Å². The number of ether oxygens (including phenoxy) is 1. The number of hydrogen-bond donors (Lipinski definition) is 2. The van der Waals surface area contributed by atoms with E-state index in [0.29, 0.717) is 0 Å². The summed E-state index contributed by atoms with van der Waals surface area (Å²) >= 11 is 0. The van der Waals surface area contributed by atoms with E-state index in [1.807, 2.05) is 0 Å². The van der Waals surface area contributed by atoms with Gasteiger partial charge in [0.25, 0.3) is 0 Å². The van der Waals surface area contributed by atoms with Crippen molar-refractivity contribution in [3.8, 4) is 5.75 Å². The molecule has 0 saturated carbocycles. The Morgan fingerprint density at radius 1 is 1.38 bits per heavy atom. The minimum absolute atomic E-state index is 0.101. The highest BCUT2D eigenvalue weighted by Gasteiger charge is 2.08. The van der Waals surface area contributed by atoms with Crippen LogP contribution in [0.1, 0.15) is 10.4 Å². The largest absolute Gasteiger partial charge is 0.490 e. The molecule has 0 heterocycles. The van der Waals surface area contributed by atoms with Crippen LogP contribution in [0.15, 0.2) is 24.3 Å². The standard InChI is InChI=1S/C9H10O4/c10-5-6-13-8-4-2-1-3-7(8)9(11)12/h1-4,10H,5-6H2,(H,11,12). The summed E-state index contributed by atoms with van der Waals surface area (Å²) in [7, 11) is 0. The van der Waals surface area contributed by atoms with E-state index in [2.05, 4.69) is 0 Å². The Labute approximate surface area is 75.4 Å². The number of benzene rings is 1. The highest BCUT2D eigenvalue weighted by molar-refractivity contribution is 5.90. The molecule has 1 aromatic rings. The minimum Gasteiger partial charge on any atom is -0.490 e. The van der Waals surface area contributed by atoms with Gasteiger partial charge in [-0.15, -0.1) is 0 Å². The lowest BCUT2D eigenvalue weighted by molar-refractivity contribution is 0.0691. The summed E-state index contributed by atoms with van der Waals surface area (Å²) in [5.41, 5.74) is 0.107. The van der Waals surface area contributed by atoms with Crippen molar-refractivity contribution in [3.05, 3.63) is 29.8 Å². The third-order valence-corrected chi connectivity index (χ3v) is 1.47. The first-order chi connectivity index (χ1) is 6.25. The Morgan fingerprint density at radius 3 is 2.69 bits per heavy atom. The van der Waals surface area contributed by atoms with Crippen LogP contribution in [0.5, 0.6) is 5.75 Å². The molecule has 4 nitrogen and oxygen atoms in total. The number of carbonyl (C=O) groups is 1. The first kappa shape index (κ1) is 9.54. The van der Waals surface area contributed by atoms with Crippen molar-refractivity contribution >= 4 is 5.97 Å². The summed E-state index contributed by atoms with van der Waals surface area (Å²) in [5.74, 6) is -0.752. The van der Waals surface area contributed by atoms with Crippen LogP contribution in [0.25, 0.3) is 0 Å². The van der Waals surface area contributed by atoms with E-state index in [9.17, 15) is 4.79 Å². The van der Waals surface area contributed by atoms with Gasteiger partial charge >= 0.3 is 5.97 Å². The number of aliphatic hydroxyl groups excluding tert-OH is 1. The molecule has 0 aliphatic carbocycles. The zero-order valence-corrected chi connectivity index (χ0v) is 6.93. The summed E-state index contributed by atoms with van der Waals surface area (Å²) in [6, 6.07) is 6.31. The molecule has 0 atom stereocenters. The van der Waals surface area contributed by atoms with Gasteiger partial charge in [0.1, 0.15) is 17.9 Å². The van der Waals surface area contributed by atoms with Crippen LogP contribution in [-0.2, 0) is 0 Å². The molecular weight excluding hydrogens is 172 g/mol. The van der Waals surface area contributed by atoms with Gasteiger partial charge in [0, 0.05) is 0 Å². The smallest absolute Gasteiger partial charge is 0.339 e. The number of para-hydroxylation sites is 1. The van der Waals surface area contributed by atoms with Crippen LogP contribution < -0.4 is 4.74 Å². The third-order valence-electron chi connectivity index (χ3n) is 1.47. The van der Waals surface area contributed by atoms with E-state index in [1.165, 1.54) is 6.07 Å². The number of carboxylic acids is 1. The predicted molar refractivity (Wildman–Crippen MR) is 46.0 cm³/mol. The van der Waals surface area contributed by atoms with Crippen molar-refractivity contribution in [1.82, 2.24) is 0 Å². The minimum atomic E-state index is -1.03. The molecule has 0 aromatic heterocycles. The van der Waals surface area contributed by atoms with Gasteiger partial charge in [-0.25, -0.2) is 4.79 Å². The summed E-state index contributed by atoms with van der Waals surface area (Å²) in [6.07, 6.45) is 0.